The van der Waals surface area contributed by atoms with Crippen LogP contribution in [0.5, 0.6) is 0 Å². The molecule has 1 aliphatic carbocycles. The Hall–Kier alpha value is -2.70. The first kappa shape index (κ1) is 19.6. The average molecular weight is 408 g/mol. The zero-order valence-corrected chi connectivity index (χ0v) is 17.3. The van der Waals surface area contributed by atoms with E-state index in [0.29, 0.717) is 11.4 Å². The predicted molar refractivity (Wildman–Crippen MR) is 115 cm³/mol. The summed E-state index contributed by atoms with van der Waals surface area (Å²) in [5, 5.41) is 0. The molecule has 0 amide bonds. The van der Waals surface area contributed by atoms with Crippen molar-refractivity contribution in [2.24, 2.45) is 0 Å². The maximum absolute atomic E-state index is 12.9. The lowest BCUT2D eigenvalue weighted by molar-refractivity contribution is 0.507. The van der Waals surface area contributed by atoms with Crippen molar-refractivity contribution >= 4 is 15.8 Å². The van der Waals surface area contributed by atoms with Crippen LogP contribution >= 0.6 is 0 Å². The first-order chi connectivity index (χ1) is 14.0. The van der Waals surface area contributed by atoms with Gasteiger partial charge in [-0.1, -0.05) is 42.5 Å². The number of hydrogen-bond acceptors (Lipinski definition) is 4. The van der Waals surface area contributed by atoms with Gasteiger partial charge in [-0.3, -0.25) is 0 Å². The molecule has 5 nitrogen and oxygen atoms in total. The molecular weight excluding hydrogens is 382 g/mol. The summed E-state index contributed by atoms with van der Waals surface area (Å²) in [6.07, 6.45) is 4.58. The lowest BCUT2D eigenvalue weighted by Crippen LogP contribution is -2.31. The van der Waals surface area contributed by atoms with E-state index in [2.05, 4.69) is 15.8 Å². The molecule has 3 aromatic rings. The molecule has 0 aliphatic heterocycles. The second-order valence-corrected chi connectivity index (χ2v) is 9.17. The highest BCUT2D eigenvalue weighted by Gasteiger charge is 2.25. The lowest BCUT2D eigenvalue weighted by Gasteiger charge is -2.26. The highest BCUT2D eigenvalue weighted by Crippen LogP contribution is 2.30. The third kappa shape index (κ3) is 4.49. The Bertz CT molecular complexity index is 1070. The summed E-state index contributed by atoms with van der Waals surface area (Å²) in [6.45, 7) is 0.654. The molecular formula is C23H25N3O2S. The molecule has 1 aliphatic rings. The molecule has 29 heavy (non-hydrogen) atoms. The van der Waals surface area contributed by atoms with Crippen LogP contribution in [0.15, 0.2) is 77.8 Å². The van der Waals surface area contributed by atoms with Crippen molar-refractivity contribution in [1.29, 1.82) is 0 Å². The van der Waals surface area contributed by atoms with E-state index in [1.807, 2.05) is 60.5 Å². The summed E-state index contributed by atoms with van der Waals surface area (Å²) < 4.78 is 28.8. The fourth-order valence-corrected chi connectivity index (χ4v) is 5.09. The molecule has 1 N–H and O–H groups in total. The summed E-state index contributed by atoms with van der Waals surface area (Å²) in [7, 11) is -1.61. The van der Waals surface area contributed by atoms with Crippen LogP contribution in [0.25, 0.3) is 0 Å². The number of rotatable bonds is 6. The monoisotopic (exact) mass is 407 g/mol. The maximum atomic E-state index is 12.9. The van der Waals surface area contributed by atoms with Crippen LogP contribution in [0.1, 0.15) is 35.6 Å². The van der Waals surface area contributed by atoms with Crippen molar-refractivity contribution in [1.82, 2.24) is 9.71 Å². The molecule has 0 radical (unpaired) electrons. The van der Waals surface area contributed by atoms with Gasteiger partial charge in [0, 0.05) is 25.8 Å². The van der Waals surface area contributed by atoms with E-state index in [-0.39, 0.29) is 6.04 Å². The largest absolute Gasteiger partial charge is 0.355 e. The number of pyridine rings is 1. The molecule has 150 valence electrons. The van der Waals surface area contributed by atoms with Gasteiger partial charge in [-0.2, -0.15) is 0 Å². The summed E-state index contributed by atoms with van der Waals surface area (Å²) in [4.78, 5) is 6.66. The molecule has 6 heteroatoms. The number of sulfonamides is 1. The van der Waals surface area contributed by atoms with Gasteiger partial charge in [0.25, 0.3) is 0 Å². The number of benzene rings is 2. The van der Waals surface area contributed by atoms with Gasteiger partial charge < -0.3 is 4.90 Å². The number of hydrogen-bond donors (Lipinski definition) is 1. The highest BCUT2D eigenvalue weighted by atomic mass is 32.2. The van der Waals surface area contributed by atoms with Crippen molar-refractivity contribution in [2.45, 2.75) is 36.7 Å². The third-order valence-electron chi connectivity index (χ3n) is 5.36. The van der Waals surface area contributed by atoms with E-state index in [0.717, 1.165) is 36.2 Å². The van der Waals surface area contributed by atoms with E-state index >= 15 is 0 Å². The molecule has 2 aromatic carbocycles. The summed E-state index contributed by atoms with van der Waals surface area (Å²) >= 11 is 0. The fraction of sp³-hybridized carbons (Fsp3) is 0.261. The van der Waals surface area contributed by atoms with Crippen LogP contribution in [-0.2, 0) is 23.0 Å². The Morgan fingerprint density at radius 1 is 1.03 bits per heavy atom. The average Bonchev–Trinajstić information content (AvgIpc) is 2.75. The number of fused-ring (bicyclic) bond motifs is 1. The molecule has 1 aromatic heterocycles. The number of nitrogens with one attached hydrogen (secondary N) is 1. The van der Waals surface area contributed by atoms with Crippen LogP contribution in [-0.4, -0.2) is 20.4 Å². The minimum atomic E-state index is -3.58. The first-order valence-corrected chi connectivity index (χ1v) is 11.3. The van der Waals surface area contributed by atoms with Gasteiger partial charge in [0.05, 0.1) is 4.90 Å². The van der Waals surface area contributed by atoms with Crippen molar-refractivity contribution in [3.63, 3.8) is 0 Å². The van der Waals surface area contributed by atoms with Gasteiger partial charge in [0.1, 0.15) is 5.82 Å². The summed E-state index contributed by atoms with van der Waals surface area (Å²) in [5.74, 6) is 0.877. The molecule has 1 atom stereocenters. The molecule has 0 fully saturated rings. The lowest BCUT2D eigenvalue weighted by atomic mass is 9.88. The molecule has 0 spiro atoms. The quantitative estimate of drug-likeness (QED) is 0.669. The van der Waals surface area contributed by atoms with Gasteiger partial charge in [0.15, 0.2) is 0 Å². The fourth-order valence-electron chi connectivity index (χ4n) is 3.84. The second kappa shape index (κ2) is 8.35. The Labute approximate surface area is 172 Å². The predicted octanol–water partition coefficient (Wildman–Crippen LogP) is 4.07. The van der Waals surface area contributed by atoms with Gasteiger partial charge in [-0.15, -0.1) is 0 Å². The van der Waals surface area contributed by atoms with Crippen LogP contribution in [0.2, 0.25) is 0 Å². The van der Waals surface area contributed by atoms with Crippen molar-refractivity contribution in [3.8, 4) is 0 Å². The van der Waals surface area contributed by atoms with E-state index < -0.39 is 10.0 Å². The summed E-state index contributed by atoms with van der Waals surface area (Å²) in [6, 6.07) is 20.8. The van der Waals surface area contributed by atoms with Crippen molar-refractivity contribution < 1.29 is 8.42 Å². The molecule has 1 unspecified atom stereocenters. The zero-order chi connectivity index (χ0) is 20.3. The topological polar surface area (TPSA) is 62.3 Å². The SMILES string of the molecule is CN(Cc1ccc(S(=O)(=O)NC2CCCc3ccccc32)cc1)c1ccccn1. The van der Waals surface area contributed by atoms with E-state index in [1.54, 1.807) is 18.3 Å². The van der Waals surface area contributed by atoms with Gasteiger partial charge in [-0.05, 0) is 60.2 Å². The molecule has 0 saturated heterocycles. The van der Waals surface area contributed by atoms with Gasteiger partial charge >= 0.3 is 0 Å². The smallest absolute Gasteiger partial charge is 0.241 e. The van der Waals surface area contributed by atoms with E-state index in [1.165, 1.54) is 5.56 Å². The van der Waals surface area contributed by atoms with Crippen molar-refractivity contribution in [3.05, 3.63) is 89.6 Å². The zero-order valence-electron chi connectivity index (χ0n) is 16.5. The van der Waals surface area contributed by atoms with E-state index in [9.17, 15) is 8.42 Å². The van der Waals surface area contributed by atoms with Gasteiger partial charge in [0.2, 0.25) is 10.0 Å². The van der Waals surface area contributed by atoms with Crippen LogP contribution in [0.3, 0.4) is 0 Å². The number of nitrogens with zero attached hydrogens (tertiary/aromatic N) is 2. The molecule has 0 bridgehead atoms. The number of aryl methyl sites for hydroxylation is 1. The van der Waals surface area contributed by atoms with Gasteiger partial charge in [-0.25, -0.2) is 18.1 Å². The van der Waals surface area contributed by atoms with Crippen LogP contribution < -0.4 is 9.62 Å². The normalized spacial score (nSPS) is 16.2. The van der Waals surface area contributed by atoms with Crippen molar-refractivity contribution in [2.75, 3.05) is 11.9 Å². The van der Waals surface area contributed by atoms with E-state index in [4.69, 9.17) is 0 Å². The second-order valence-electron chi connectivity index (χ2n) is 7.45. The standard InChI is InChI=1S/C23H25N3O2S/c1-26(23-11-4-5-16-24-23)17-18-12-14-20(15-13-18)29(27,28)25-22-10-6-8-19-7-2-3-9-21(19)22/h2-5,7,9,11-16,22,25H,6,8,10,17H2,1H3. The Morgan fingerprint density at radius 2 is 1.79 bits per heavy atom. The Balaban J connectivity index is 1.47. The maximum Gasteiger partial charge on any atom is 0.241 e. The third-order valence-corrected chi connectivity index (χ3v) is 6.85. The molecule has 1 heterocycles. The Kier molecular flexibility index (Phi) is 5.65. The first-order valence-electron chi connectivity index (χ1n) is 9.84. The minimum Gasteiger partial charge on any atom is -0.355 e. The Morgan fingerprint density at radius 3 is 2.55 bits per heavy atom. The molecule has 4 rings (SSSR count). The number of aromatic nitrogens is 1. The molecule has 0 saturated carbocycles. The summed E-state index contributed by atoms with van der Waals surface area (Å²) in [5.41, 5.74) is 3.36. The highest BCUT2D eigenvalue weighted by molar-refractivity contribution is 7.89. The minimum absolute atomic E-state index is 0.167. The number of anilines is 1. The van der Waals surface area contributed by atoms with Crippen LogP contribution in [0, 0.1) is 0 Å². The van der Waals surface area contributed by atoms with Crippen LogP contribution in [0.4, 0.5) is 5.82 Å².